The highest BCUT2D eigenvalue weighted by atomic mass is 31.1. The second kappa shape index (κ2) is 1.74. The normalized spacial score (nSPS) is 28.8. The van der Waals surface area contributed by atoms with Crippen LogP contribution in [0.25, 0.3) is 0 Å². The summed E-state index contributed by atoms with van der Waals surface area (Å²) in [5.41, 5.74) is 0. The van der Waals surface area contributed by atoms with E-state index in [1.165, 1.54) is 12.6 Å². The Morgan fingerprint density at radius 2 is 2.60 bits per heavy atom. The summed E-state index contributed by atoms with van der Waals surface area (Å²) in [5.74, 6) is 0. The van der Waals surface area contributed by atoms with E-state index in [1.807, 2.05) is 0 Å². The molecule has 1 atom stereocenters. The van der Waals surface area contributed by atoms with E-state index in [0.717, 1.165) is 6.61 Å². The van der Waals surface area contributed by atoms with Gasteiger partial charge in [0.05, 0.1) is 12.8 Å². The topological polar surface area (TPSA) is 9.23 Å². The zero-order valence-electron chi connectivity index (χ0n) is 3.11. The van der Waals surface area contributed by atoms with Crippen molar-refractivity contribution < 1.29 is 4.52 Å². The summed E-state index contributed by atoms with van der Waals surface area (Å²) in [5, 5.41) is 0. The molecule has 0 saturated carbocycles. The maximum atomic E-state index is 5.03. The number of hydrogen-bond donors (Lipinski definition) is 0. The molecule has 1 aliphatic rings. The Balaban J connectivity index is 2.08. The third-order valence-electron chi connectivity index (χ3n) is 0.702. The molecule has 0 spiro atoms. The zero-order chi connectivity index (χ0) is 3.54. The highest BCUT2D eigenvalue weighted by Crippen LogP contribution is 2.19. The molecule has 0 N–H and O–H groups in total. The third-order valence-corrected chi connectivity index (χ3v) is 1.82. The Kier molecular flexibility index (Phi) is 1.24. The lowest BCUT2D eigenvalue weighted by Crippen LogP contribution is -1.69. The van der Waals surface area contributed by atoms with Gasteiger partial charge in [-0.2, -0.15) is 0 Å². The van der Waals surface area contributed by atoms with Crippen LogP contribution in [-0.2, 0) is 4.52 Å². The summed E-state index contributed by atoms with van der Waals surface area (Å²) < 4.78 is 5.03. The van der Waals surface area contributed by atoms with Crippen molar-refractivity contribution in [3.05, 3.63) is 0 Å². The quantitative estimate of drug-likeness (QED) is 0.399. The maximum Gasteiger partial charge on any atom is 0.120 e. The molecule has 0 aromatic carbocycles. The number of hydrogen-bond acceptors (Lipinski definition) is 1. The van der Waals surface area contributed by atoms with Gasteiger partial charge in [-0.1, -0.05) is 0 Å². The lowest BCUT2D eigenvalue weighted by molar-refractivity contribution is 0.395. The second-order valence-corrected chi connectivity index (χ2v) is 2.42. The minimum Gasteiger partial charge on any atom is -0.243 e. The molecule has 1 nitrogen and oxygen atoms in total. The average Bonchev–Trinajstić information content (AvgIpc) is 1.76. The molecule has 1 unspecified atom stereocenters. The molecule has 30 valence electrons. The van der Waals surface area contributed by atoms with Gasteiger partial charge >= 0.3 is 0 Å². The van der Waals surface area contributed by atoms with Gasteiger partial charge in [-0.25, -0.2) is 4.52 Å². The minimum absolute atomic E-state index is 0.426. The first kappa shape index (κ1) is 3.58. The van der Waals surface area contributed by atoms with Gasteiger partial charge in [0, 0.05) is 6.42 Å². The molecule has 5 heavy (non-hydrogen) atoms. The van der Waals surface area contributed by atoms with E-state index in [2.05, 4.69) is 0 Å². The van der Waals surface area contributed by atoms with Crippen molar-refractivity contribution in [1.82, 2.24) is 0 Å². The summed E-state index contributed by atoms with van der Waals surface area (Å²) in [6, 6.07) is 0. The molecule has 0 aliphatic carbocycles. The van der Waals surface area contributed by atoms with Crippen molar-refractivity contribution in [3.8, 4) is 0 Å². The van der Waals surface area contributed by atoms with Gasteiger partial charge in [-0.3, -0.25) is 0 Å². The van der Waals surface area contributed by atoms with Crippen molar-refractivity contribution in [1.29, 1.82) is 0 Å². The molecule has 1 aliphatic heterocycles. The lowest BCUT2D eigenvalue weighted by Gasteiger charge is -1.67. The summed E-state index contributed by atoms with van der Waals surface area (Å²) in [6.45, 7) is 1.04. The molecular weight excluding hydrogens is 83.0 g/mol. The van der Waals surface area contributed by atoms with E-state index < -0.39 is 0 Å². The second-order valence-electron chi connectivity index (χ2n) is 1.18. The van der Waals surface area contributed by atoms with Crippen molar-refractivity contribution in [3.63, 3.8) is 0 Å². The minimum atomic E-state index is 0.426. The van der Waals surface area contributed by atoms with Gasteiger partial charge in [0.25, 0.3) is 0 Å². The van der Waals surface area contributed by atoms with E-state index in [1.54, 1.807) is 0 Å². The molecule has 1 heterocycles. The Bertz CT molecular complexity index is 18.5. The molecule has 1 saturated heterocycles. The van der Waals surface area contributed by atoms with Crippen LogP contribution in [0.1, 0.15) is 6.42 Å². The maximum absolute atomic E-state index is 5.03. The highest BCUT2D eigenvalue weighted by Gasteiger charge is 2.02. The molecule has 0 radical (unpaired) electrons. The first-order chi connectivity index (χ1) is 2.50. The predicted octanol–water partition coefficient (Wildman–Crippen LogP) is 0.732. The van der Waals surface area contributed by atoms with E-state index in [0.29, 0.717) is 8.81 Å². The van der Waals surface area contributed by atoms with Crippen molar-refractivity contribution in [2.45, 2.75) is 6.42 Å². The molecule has 0 aromatic heterocycles. The van der Waals surface area contributed by atoms with Crippen LogP contribution < -0.4 is 0 Å². The van der Waals surface area contributed by atoms with Crippen molar-refractivity contribution in [2.75, 3.05) is 12.8 Å². The van der Waals surface area contributed by atoms with Crippen LogP contribution in [-0.4, -0.2) is 12.8 Å². The molecule has 1 fully saturated rings. The van der Waals surface area contributed by atoms with Crippen LogP contribution >= 0.6 is 8.81 Å². The van der Waals surface area contributed by atoms with Crippen molar-refractivity contribution in [2.24, 2.45) is 0 Å². The summed E-state index contributed by atoms with van der Waals surface area (Å²) in [6.07, 6.45) is 2.68. The molecule has 1 rings (SSSR count). The highest BCUT2D eigenvalue weighted by molar-refractivity contribution is 7.32. The van der Waals surface area contributed by atoms with Gasteiger partial charge < -0.3 is 0 Å². The molecule has 0 aromatic rings. The van der Waals surface area contributed by atoms with Crippen LogP contribution in [0.4, 0.5) is 0 Å². The van der Waals surface area contributed by atoms with E-state index in [9.17, 15) is 0 Å². The van der Waals surface area contributed by atoms with Gasteiger partial charge in [-0.05, 0) is 0 Å². The molecule has 0 bridgehead atoms. The van der Waals surface area contributed by atoms with Crippen LogP contribution in [0, 0.1) is 0 Å². The fourth-order valence-corrected chi connectivity index (χ4v) is 1.25. The zero-order valence-corrected chi connectivity index (χ0v) is 4.26. The Labute approximate surface area is 33.6 Å². The van der Waals surface area contributed by atoms with Gasteiger partial charge in [0.2, 0.25) is 0 Å². The fourth-order valence-electron chi connectivity index (χ4n) is 0.417. The lowest BCUT2D eigenvalue weighted by atomic mass is 10.5. The number of rotatable bonds is 0. The first-order valence-electron chi connectivity index (χ1n) is 1.93. The largest absolute Gasteiger partial charge is 0.243 e. The predicted molar refractivity (Wildman–Crippen MR) is 25.1 cm³/mol. The Hall–Kier alpha value is 0.390. The average molecular weight is 91.1 g/mol. The fraction of sp³-hybridized carbons (Fsp3) is 1.00. The van der Waals surface area contributed by atoms with Gasteiger partial charge in [0.1, 0.15) is 8.81 Å². The van der Waals surface area contributed by atoms with Crippen LogP contribution in [0.15, 0.2) is 0 Å². The standard InChI is InChI=1S/C3H7OP/c1-2-4-5-3-1/h5H,1-3H2/p+1. The van der Waals surface area contributed by atoms with Gasteiger partial charge in [-0.15, -0.1) is 0 Å². The Morgan fingerprint density at radius 1 is 1.60 bits per heavy atom. The van der Waals surface area contributed by atoms with Gasteiger partial charge in [0.15, 0.2) is 0 Å². The first-order valence-corrected chi connectivity index (χ1v) is 3.22. The third kappa shape index (κ3) is 0.863. The molecule has 0 amide bonds. The molecule has 2 heteroatoms. The van der Waals surface area contributed by atoms with Crippen LogP contribution in [0.3, 0.4) is 0 Å². The van der Waals surface area contributed by atoms with Crippen molar-refractivity contribution >= 4 is 8.81 Å². The summed E-state index contributed by atoms with van der Waals surface area (Å²) >= 11 is 0. The summed E-state index contributed by atoms with van der Waals surface area (Å²) in [4.78, 5) is 0. The van der Waals surface area contributed by atoms with E-state index >= 15 is 0 Å². The SMILES string of the molecule is C1CO[PH2+]C1. The summed E-state index contributed by atoms with van der Waals surface area (Å²) in [7, 11) is 0.426. The monoisotopic (exact) mass is 91.0 g/mol. The Morgan fingerprint density at radius 3 is 2.80 bits per heavy atom. The molecular formula is C3H8OP+. The van der Waals surface area contributed by atoms with E-state index in [-0.39, 0.29) is 0 Å². The van der Waals surface area contributed by atoms with Crippen LogP contribution in [0.5, 0.6) is 0 Å². The smallest absolute Gasteiger partial charge is 0.120 e. The van der Waals surface area contributed by atoms with Crippen LogP contribution in [0.2, 0.25) is 0 Å². The van der Waals surface area contributed by atoms with E-state index in [4.69, 9.17) is 4.52 Å².